The zero-order valence-corrected chi connectivity index (χ0v) is 18.0. The van der Waals surface area contributed by atoms with Crippen molar-refractivity contribution in [1.82, 2.24) is 25.5 Å². The molecule has 1 aliphatic rings. The SMILES string of the molecule is CNC(=O)c1c(NC(=O)c2cccc(-c3nnnn3C(C)C)c2)sc2c1CCCC2. The summed E-state index contributed by atoms with van der Waals surface area (Å²) < 4.78 is 1.72. The molecule has 0 unspecified atom stereocenters. The molecule has 2 N–H and O–H groups in total. The van der Waals surface area contributed by atoms with Gasteiger partial charge in [-0.1, -0.05) is 12.1 Å². The molecule has 0 aliphatic heterocycles. The van der Waals surface area contributed by atoms with E-state index in [2.05, 4.69) is 26.2 Å². The van der Waals surface area contributed by atoms with Gasteiger partial charge in [-0.15, -0.1) is 16.4 Å². The fourth-order valence-electron chi connectivity index (χ4n) is 3.73. The molecular formula is C21H24N6O2S. The Balaban J connectivity index is 1.65. The molecule has 1 aromatic carbocycles. The highest BCUT2D eigenvalue weighted by Gasteiger charge is 2.26. The third kappa shape index (κ3) is 3.72. The van der Waals surface area contributed by atoms with Crippen molar-refractivity contribution in [2.24, 2.45) is 0 Å². The topological polar surface area (TPSA) is 102 Å². The Labute approximate surface area is 178 Å². The molecule has 4 rings (SSSR count). The van der Waals surface area contributed by atoms with Crippen molar-refractivity contribution < 1.29 is 9.59 Å². The first kappa shape index (κ1) is 20.2. The number of hydrogen-bond donors (Lipinski definition) is 2. The summed E-state index contributed by atoms with van der Waals surface area (Å²) in [5, 5.41) is 18.2. The Morgan fingerprint density at radius 2 is 1.97 bits per heavy atom. The molecule has 9 heteroatoms. The zero-order valence-electron chi connectivity index (χ0n) is 17.2. The largest absolute Gasteiger partial charge is 0.355 e. The third-order valence-electron chi connectivity index (χ3n) is 5.22. The molecule has 0 bridgehead atoms. The molecule has 0 radical (unpaired) electrons. The van der Waals surface area contributed by atoms with Gasteiger partial charge >= 0.3 is 0 Å². The molecule has 30 heavy (non-hydrogen) atoms. The number of benzene rings is 1. The van der Waals surface area contributed by atoms with Gasteiger partial charge < -0.3 is 10.6 Å². The summed E-state index contributed by atoms with van der Waals surface area (Å²) in [7, 11) is 1.61. The van der Waals surface area contributed by atoms with E-state index >= 15 is 0 Å². The van der Waals surface area contributed by atoms with Crippen LogP contribution in [0.15, 0.2) is 24.3 Å². The number of thiophene rings is 1. The lowest BCUT2D eigenvalue weighted by molar-refractivity contribution is 0.0963. The van der Waals surface area contributed by atoms with Gasteiger partial charge in [-0.25, -0.2) is 4.68 Å². The fourth-order valence-corrected chi connectivity index (χ4v) is 5.01. The minimum absolute atomic E-state index is 0.0973. The van der Waals surface area contributed by atoms with E-state index in [1.807, 2.05) is 26.0 Å². The molecule has 0 fully saturated rings. The molecule has 2 heterocycles. The summed E-state index contributed by atoms with van der Waals surface area (Å²) >= 11 is 1.51. The van der Waals surface area contributed by atoms with Crippen LogP contribution in [0.1, 0.15) is 63.9 Å². The van der Waals surface area contributed by atoms with E-state index in [1.54, 1.807) is 23.9 Å². The van der Waals surface area contributed by atoms with Crippen LogP contribution in [0.4, 0.5) is 5.00 Å². The summed E-state index contributed by atoms with van der Waals surface area (Å²) in [5.74, 6) is 0.191. The minimum atomic E-state index is -0.260. The maximum atomic E-state index is 13.0. The lowest BCUT2D eigenvalue weighted by Crippen LogP contribution is -2.22. The Kier molecular flexibility index (Phi) is 5.63. The number of carbonyl (C=O) groups is 2. The molecule has 2 amide bonds. The Hall–Kier alpha value is -3.07. The number of nitrogens with zero attached hydrogens (tertiary/aromatic N) is 4. The van der Waals surface area contributed by atoms with Crippen molar-refractivity contribution in [3.05, 3.63) is 45.8 Å². The van der Waals surface area contributed by atoms with Crippen LogP contribution in [-0.4, -0.2) is 39.1 Å². The van der Waals surface area contributed by atoms with Crippen LogP contribution in [0, 0.1) is 0 Å². The second-order valence-electron chi connectivity index (χ2n) is 7.57. The molecule has 0 saturated carbocycles. The summed E-state index contributed by atoms with van der Waals surface area (Å²) in [4.78, 5) is 26.7. The van der Waals surface area contributed by atoms with E-state index in [0.29, 0.717) is 22.0 Å². The summed E-state index contributed by atoms with van der Waals surface area (Å²) in [6.45, 7) is 3.99. The van der Waals surface area contributed by atoms with Crippen LogP contribution in [-0.2, 0) is 12.8 Å². The summed E-state index contributed by atoms with van der Waals surface area (Å²) in [5.41, 5.74) is 2.93. The van der Waals surface area contributed by atoms with Gasteiger partial charge in [0.2, 0.25) is 0 Å². The van der Waals surface area contributed by atoms with Crippen LogP contribution in [0.25, 0.3) is 11.4 Å². The predicted molar refractivity (Wildman–Crippen MR) is 116 cm³/mol. The first-order valence-electron chi connectivity index (χ1n) is 10.1. The van der Waals surface area contributed by atoms with Crippen LogP contribution >= 0.6 is 11.3 Å². The Morgan fingerprint density at radius 3 is 2.73 bits per heavy atom. The number of hydrogen-bond acceptors (Lipinski definition) is 6. The second-order valence-corrected chi connectivity index (χ2v) is 8.68. The van der Waals surface area contributed by atoms with Crippen LogP contribution in [0.2, 0.25) is 0 Å². The van der Waals surface area contributed by atoms with E-state index in [4.69, 9.17) is 0 Å². The fraction of sp³-hybridized carbons (Fsp3) is 0.381. The quantitative estimate of drug-likeness (QED) is 0.653. The van der Waals surface area contributed by atoms with Gasteiger partial charge in [0.25, 0.3) is 11.8 Å². The van der Waals surface area contributed by atoms with Gasteiger partial charge in [0.1, 0.15) is 5.00 Å². The number of aromatic nitrogens is 4. The highest BCUT2D eigenvalue weighted by molar-refractivity contribution is 7.17. The van der Waals surface area contributed by atoms with Gasteiger partial charge in [-0.05, 0) is 67.7 Å². The van der Waals surface area contributed by atoms with Crippen LogP contribution in [0.5, 0.6) is 0 Å². The lowest BCUT2D eigenvalue weighted by Gasteiger charge is -2.12. The number of rotatable bonds is 5. The van der Waals surface area contributed by atoms with Crippen molar-refractivity contribution >= 4 is 28.2 Å². The summed E-state index contributed by atoms with van der Waals surface area (Å²) in [6, 6.07) is 7.30. The van der Waals surface area contributed by atoms with Gasteiger partial charge in [0.15, 0.2) is 5.82 Å². The maximum absolute atomic E-state index is 13.0. The second kappa shape index (κ2) is 8.35. The molecule has 0 saturated heterocycles. The third-order valence-corrected chi connectivity index (χ3v) is 6.42. The van der Waals surface area contributed by atoms with Crippen molar-refractivity contribution in [2.45, 2.75) is 45.6 Å². The van der Waals surface area contributed by atoms with Gasteiger partial charge in [-0.3, -0.25) is 9.59 Å². The van der Waals surface area contributed by atoms with Gasteiger partial charge in [0, 0.05) is 23.1 Å². The van der Waals surface area contributed by atoms with Crippen molar-refractivity contribution in [2.75, 3.05) is 12.4 Å². The number of carbonyl (C=O) groups excluding carboxylic acids is 2. The number of anilines is 1. The normalized spacial score (nSPS) is 13.2. The van der Waals surface area contributed by atoms with E-state index in [0.717, 1.165) is 36.8 Å². The monoisotopic (exact) mass is 424 g/mol. The lowest BCUT2D eigenvalue weighted by atomic mass is 9.95. The van der Waals surface area contributed by atoms with E-state index in [9.17, 15) is 9.59 Å². The van der Waals surface area contributed by atoms with Crippen LogP contribution in [0.3, 0.4) is 0 Å². The van der Waals surface area contributed by atoms with E-state index in [-0.39, 0.29) is 17.9 Å². The maximum Gasteiger partial charge on any atom is 0.256 e. The van der Waals surface area contributed by atoms with Crippen molar-refractivity contribution in [3.63, 3.8) is 0 Å². The average molecular weight is 425 g/mol. The molecule has 3 aromatic rings. The Bertz CT molecular complexity index is 1100. The molecule has 1 aliphatic carbocycles. The molecule has 2 aromatic heterocycles. The van der Waals surface area contributed by atoms with Crippen molar-refractivity contribution in [3.8, 4) is 11.4 Å². The van der Waals surface area contributed by atoms with Crippen molar-refractivity contribution in [1.29, 1.82) is 0 Å². The molecule has 0 spiro atoms. The first-order valence-corrected chi connectivity index (χ1v) is 10.9. The predicted octanol–water partition coefficient (Wildman–Crippen LogP) is 3.47. The number of amides is 2. The Morgan fingerprint density at radius 1 is 1.17 bits per heavy atom. The van der Waals surface area contributed by atoms with Gasteiger partial charge in [0.05, 0.1) is 11.6 Å². The highest BCUT2D eigenvalue weighted by atomic mass is 32.1. The number of tetrazole rings is 1. The number of fused-ring (bicyclic) bond motifs is 1. The number of aryl methyl sites for hydroxylation is 1. The van der Waals surface area contributed by atoms with Crippen LogP contribution < -0.4 is 10.6 Å². The van der Waals surface area contributed by atoms with E-state index < -0.39 is 0 Å². The molecule has 8 nitrogen and oxygen atoms in total. The number of nitrogens with one attached hydrogen (secondary N) is 2. The molecule has 156 valence electrons. The minimum Gasteiger partial charge on any atom is -0.355 e. The van der Waals surface area contributed by atoms with E-state index in [1.165, 1.54) is 16.2 Å². The highest BCUT2D eigenvalue weighted by Crippen LogP contribution is 2.38. The molecular weight excluding hydrogens is 400 g/mol. The average Bonchev–Trinajstić information content (AvgIpc) is 3.38. The smallest absolute Gasteiger partial charge is 0.256 e. The standard InChI is InChI=1S/C21H24N6O2S/c1-12(2)27-18(24-25-26-27)13-7-6-8-14(11-13)19(28)23-21-17(20(29)22-3)15-9-4-5-10-16(15)30-21/h6-8,11-12H,4-5,9-10H2,1-3H3,(H,22,29)(H,23,28). The first-order chi connectivity index (χ1) is 14.5. The summed E-state index contributed by atoms with van der Waals surface area (Å²) in [6.07, 6.45) is 4.00. The zero-order chi connectivity index (χ0) is 21.3. The van der Waals surface area contributed by atoms with Gasteiger partial charge in [-0.2, -0.15) is 0 Å². The molecule has 0 atom stereocenters.